The molecule has 0 saturated carbocycles. The number of carbonyl (C=O) groups excluding carboxylic acids is 2. The molecule has 2 aromatic carbocycles. The van der Waals surface area contributed by atoms with Gasteiger partial charge in [0.25, 0.3) is 5.91 Å². The molecule has 2 amide bonds. The first-order valence-corrected chi connectivity index (χ1v) is 11.2. The van der Waals surface area contributed by atoms with E-state index in [2.05, 4.69) is 16.2 Å². The number of rotatable bonds is 7. The van der Waals surface area contributed by atoms with Gasteiger partial charge in [-0.2, -0.15) is 5.06 Å². The van der Waals surface area contributed by atoms with Crippen molar-refractivity contribution < 1.29 is 19.2 Å². The van der Waals surface area contributed by atoms with E-state index < -0.39 is 6.09 Å². The van der Waals surface area contributed by atoms with Crippen LogP contribution in [0.15, 0.2) is 60.0 Å². The van der Waals surface area contributed by atoms with Gasteiger partial charge < -0.3 is 14.9 Å². The Bertz CT molecular complexity index is 1090. The molecule has 0 spiro atoms. The minimum atomic E-state index is -0.682. The predicted molar refractivity (Wildman–Crippen MR) is 123 cm³/mol. The molecule has 0 saturated heterocycles. The average Bonchev–Trinajstić information content (AvgIpc) is 3.28. The molecule has 1 aliphatic rings. The second-order valence-electron chi connectivity index (χ2n) is 6.88. The Morgan fingerprint density at radius 2 is 1.97 bits per heavy atom. The van der Waals surface area contributed by atoms with Crippen molar-refractivity contribution in [2.75, 3.05) is 18.2 Å². The van der Waals surface area contributed by atoms with Crippen LogP contribution in [0.2, 0.25) is 5.02 Å². The molecule has 3 aromatic rings. The molecule has 8 nitrogen and oxygen atoms in total. The van der Waals surface area contributed by atoms with Gasteiger partial charge in [0, 0.05) is 23.7 Å². The Kier molecular flexibility index (Phi) is 7.10. The number of amides is 2. The third kappa shape index (κ3) is 5.50. The summed E-state index contributed by atoms with van der Waals surface area (Å²) < 4.78 is 5.98. The van der Waals surface area contributed by atoms with Gasteiger partial charge in [-0.3, -0.25) is 10.2 Å². The lowest BCUT2D eigenvalue weighted by Gasteiger charge is -2.22. The van der Waals surface area contributed by atoms with Crippen LogP contribution in [-0.4, -0.2) is 25.1 Å². The molecule has 1 aliphatic heterocycles. The molecule has 0 bridgehead atoms. The highest BCUT2D eigenvalue weighted by Crippen LogP contribution is 2.40. The lowest BCUT2D eigenvalue weighted by molar-refractivity contribution is 0.0956. The number of hydrogen-bond donors (Lipinski definition) is 3. The van der Waals surface area contributed by atoms with E-state index >= 15 is 0 Å². The third-order valence-electron chi connectivity index (χ3n) is 4.59. The second kappa shape index (κ2) is 10.4. The van der Waals surface area contributed by atoms with Crippen LogP contribution >= 0.6 is 22.9 Å². The molecule has 0 radical (unpaired) electrons. The first kappa shape index (κ1) is 21.9. The number of fused-ring (bicyclic) bond motifs is 2. The molecule has 32 heavy (non-hydrogen) atoms. The van der Waals surface area contributed by atoms with Gasteiger partial charge in [-0.05, 0) is 42.1 Å². The number of nitrogens with zero attached hydrogens (tertiary/aromatic N) is 1. The minimum absolute atomic E-state index is 0.103. The Hall–Kier alpha value is -3.27. The number of benzene rings is 2. The van der Waals surface area contributed by atoms with Gasteiger partial charge in [0.05, 0.1) is 11.4 Å². The Labute approximate surface area is 194 Å². The Morgan fingerprint density at radius 1 is 1.09 bits per heavy atom. The average molecular weight is 473 g/mol. The molecule has 2 heterocycles. The van der Waals surface area contributed by atoms with Gasteiger partial charge >= 0.3 is 6.09 Å². The number of hydrazine groups is 1. The Morgan fingerprint density at radius 3 is 2.81 bits per heavy atom. The highest BCUT2D eigenvalue weighted by atomic mass is 35.5. The molecule has 0 aliphatic carbocycles. The predicted octanol–water partition coefficient (Wildman–Crippen LogP) is 4.48. The maximum Gasteiger partial charge on any atom is 0.446 e. The summed E-state index contributed by atoms with van der Waals surface area (Å²) in [5.74, 6) is 1.11. The lowest BCUT2D eigenvalue weighted by Crippen LogP contribution is -2.42. The summed E-state index contributed by atoms with van der Waals surface area (Å²) in [5, 5.41) is 6.61. The highest BCUT2D eigenvalue weighted by Gasteiger charge is 2.24. The summed E-state index contributed by atoms with van der Waals surface area (Å²) in [6.45, 7) is 1.23. The zero-order chi connectivity index (χ0) is 22.3. The van der Waals surface area contributed by atoms with Gasteiger partial charge in [0.1, 0.15) is 11.4 Å². The summed E-state index contributed by atoms with van der Waals surface area (Å²) in [4.78, 5) is 30.4. The number of ether oxygens (including phenoxy) is 1. The smallest absolute Gasteiger partial charge is 0.446 e. The van der Waals surface area contributed by atoms with Crippen molar-refractivity contribution in [2.24, 2.45) is 0 Å². The van der Waals surface area contributed by atoms with E-state index in [9.17, 15) is 9.59 Å². The third-order valence-corrected chi connectivity index (χ3v) is 5.69. The van der Waals surface area contributed by atoms with Crippen molar-refractivity contribution in [3.63, 3.8) is 0 Å². The summed E-state index contributed by atoms with van der Waals surface area (Å²) in [6.07, 6.45) is -0.0567. The standard InChI is InChI=1S/C22H21ClN4O4S/c23-16-8-9-19-17(13-16)27(14-15-5-1-2-6-18(15)30-19)31-22(29)26-25-11-4-10-24-21(28)20-7-3-12-32-20/h1-3,5-9,12-13,25H,4,10-11,14H2,(H,24,28)(H,26,29). The SMILES string of the molecule is O=C(NNCCCNC(=O)c1cccs1)ON1Cc2ccccc2Oc2ccc(Cl)cc21. The minimum Gasteiger partial charge on any atom is -0.455 e. The summed E-state index contributed by atoms with van der Waals surface area (Å²) in [7, 11) is 0. The quantitative estimate of drug-likeness (QED) is 0.347. The van der Waals surface area contributed by atoms with Crippen LogP contribution in [-0.2, 0) is 11.4 Å². The van der Waals surface area contributed by atoms with Gasteiger partial charge in [0.15, 0.2) is 5.75 Å². The zero-order valence-corrected chi connectivity index (χ0v) is 18.5. The van der Waals surface area contributed by atoms with Crippen molar-refractivity contribution in [3.8, 4) is 11.5 Å². The summed E-state index contributed by atoms with van der Waals surface area (Å²) in [5.41, 5.74) is 6.70. The van der Waals surface area contributed by atoms with E-state index in [0.717, 1.165) is 5.56 Å². The second-order valence-corrected chi connectivity index (χ2v) is 8.26. The number of nitrogens with one attached hydrogen (secondary N) is 3. The largest absolute Gasteiger partial charge is 0.455 e. The van der Waals surface area contributed by atoms with Crippen molar-refractivity contribution in [1.29, 1.82) is 0 Å². The number of halogens is 1. The van der Waals surface area contributed by atoms with Crippen molar-refractivity contribution >= 4 is 40.6 Å². The molecule has 1 aromatic heterocycles. The maximum absolute atomic E-state index is 12.3. The summed E-state index contributed by atoms with van der Waals surface area (Å²) in [6, 6.07) is 16.3. The van der Waals surface area contributed by atoms with Crippen LogP contribution in [0.5, 0.6) is 11.5 Å². The molecule has 0 fully saturated rings. The van der Waals surface area contributed by atoms with Crippen LogP contribution in [0.4, 0.5) is 10.5 Å². The molecule has 166 valence electrons. The number of anilines is 1. The number of hydrogen-bond acceptors (Lipinski definition) is 7. The molecular weight excluding hydrogens is 452 g/mol. The van der Waals surface area contributed by atoms with Crippen molar-refractivity contribution in [3.05, 3.63) is 75.4 Å². The van der Waals surface area contributed by atoms with Crippen LogP contribution in [0, 0.1) is 0 Å². The monoisotopic (exact) mass is 472 g/mol. The number of thiophene rings is 1. The fourth-order valence-electron chi connectivity index (χ4n) is 3.08. The molecule has 3 N–H and O–H groups in total. The number of para-hydroxylation sites is 1. The van der Waals surface area contributed by atoms with Crippen LogP contribution in [0.25, 0.3) is 0 Å². The van der Waals surface area contributed by atoms with E-state index in [1.807, 2.05) is 35.7 Å². The molecule has 10 heteroatoms. The van der Waals surface area contributed by atoms with Crippen molar-refractivity contribution in [2.45, 2.75) is 13.0 Å². The first-order chi connectivity index (χ1) is 15.6. The molecule has 0 atom stereocenters. The van der Waals surface area contributed by atoms with Crippen LogP contribution in [0.3, 0.4) is 0 Å². The number of hydroxylamine groups is 1. The van der Waals surface area contributed by atoms with E-state index in [1.165, 1.54) is 16.4 Å². The highest BCUT2D eigenvalue weighted by molar-refractivity contribution is 7.12. The maximum atomic E-state index is 12.3. The van der Waals surface area contributed by atoms with Gasteiger partial charge in [0.2, 0.25) is 0 Å². The van der Waals surface area contributed by atoms with Crippen LogP contribution < -0.4 is 26.0 Å². The van der Waals surface area contributed by atoms with Gasteiger partial charge in [-0.1, -0.05) is 35.9 Å². The fraction of sp³-hybridized carbons (Fsp3) is 0.182. The number of carbonyl (C=O) groups is 2. The van der Waals surface area contributed by atoms with Gasteiger partial charge in [-0.25, -0.2) is 10.2 Å². The normalized spacial score (nSPS) is 12.1. The van der Waals surface area contributed by atoms with E-state index in [1.54, 1.807) is 24.3 Å². The topological polar surface area (TPSA) is 91.9 Å². The van der Waals surface area contributed by atoms with Crippen LogP contribution in [0.1, 0.15) is 21.7 Å². The molecule has 0 unspecified atom stereocenters. The Balaban J connectivity index is 1.28. The zero-order valence-electron chi connectivity index (χ0n) is 17.0. The van der Waals surface area contributed by atoms with E-state index in [-0.39, 0.29) is 5.91 Å². The molecular formula is C22H21ClN4O4S. The lowest BCUT2D eigenvalue weighted by atomic mass is 10.2. The fourth-order valence-corrected chi connectivity index (χ4v) is 3.88. The van der Waals surface area contributed by atoms with Crippen molar-refractivity contribution in [1.82, 2.24) is 16.2 Å². The first-order valence-electron chi connectivity index (χ1n) is 9.95. The van der Waals surface area contributed by atoms with E-state index in [0.29, 0.717) is 53.1 Å². The van der Waals surface area contributed by atoms with E-state index in [4.69, 9.17) is 21.2 Å². The van der Waals surface area contributed by atoms with Gasteiger partial charge in [-0.15, -0.1) is 11.3 Å². The summed E-state index contributed by atoms with van der Waals surface area (Å²) >= 11 is 7.54. The molecule has 4 rings (SSSR count).